The van der Waals surface area contributed by atoms with Crippen molar-refractivity contribution in [3.8, 4) is 22.5 Å². The minimum atomic E-state index is -1.39. The van der Waals surface area contributed by atoms with Gasteiger partial charge in [0.2, 0.25) is 5.36 Å². The van der Waals surface area contributed by atoms with E-state index in [2.05, 4.69) is 22.8 Å². The molecular formula is C39H44N4O6. The Balaban J connectivity index is 1.13. The number of carboxylic acids is 1. The maximum Gasteiger partial charge on any atom is 0.407 e. The average Bonchev–Trinajstić information content (AvgIpc) is 3.73. The van der Waals surface area contributed by atoms with E-state index in [9.17, 15) is 19.5 Å². The molecule has 1 aliphatic heterocycles. The largest absolute Gasteiger partial charge is 0.545 e. The molecule has 2 N–H and O–H groups in total. The lowest BCUT2D eigenvalue weighted by Crippen LogP contribution is -2.31. The molecule has 1 fully saturated rings. The van der Waals surface area contributed by atoms with Gasteiger partial charge >= 0.3 is 6.09 Å². The van der Waals surface area contributed by atoms with Gasteiger partial charge in [0, 0.05) is 72.6 Å². The van der Waals surface area contributed by atoms with Gasteiger partial charge < -0.3 is 34.6 Å². The molecule has 0 bridgehead atoms. The number of nitrogens with one attached hydrogen (secondary N) is 2. The van der Waals surface area contributed by atoms with Crippen LogP contribution in [0.5, 0.6) is 0 Å². The van der Waals surface area contributed by atoms with E-state index < -0.39 is 18.0 Å². The van der Waals surface area contributed by atoms with Gasteiger partial charge in [0.05, 0.1) is 18.6 Å². The van der Waals surface area contributed by atoms with Crippen LogP contribution in [0.4, 0.5) is 10.5 Å². The molecule has 1 heterocycles. The summed E-state index contributed by atoms with van der Waals surface area (Å²) in [6.45, 7) is 1.08. The smallest absolute Gasteiger partial charge is 0.407 e. The number of rotatable bonds is 10. The van der Waals surface area contributed by atoms with Crippen LogP contribution in [0.1, 0.15) is 52.8 Å². The van der Waals surface area contributed by atoms with Gasteiger partial charge in [-0.05, 0) is 85.8 Å². The van der Waals surface area contributed by atoms with Gasteiger partial charge in [0.15, 0.2) is 0 Å². The van der Waals surface area contributed by atoms with E-state index in [4.69, 9.17) is 9.15 Å². The molecule has 2 aromatic rings. The molecule has 1 unspecified atom stereocenters. The quantitative estimate of drug-likeness (QED) is 0.111. The van der Waals surface area contributed by atoms with Crippen LogP contribution in [0.15, 0.2) is 71.2 Å². The van der Waals surface area contributed by atoms with E-state index >= 15 is 0 Å². The highest BCUT2D eigenvalue weighted by atomic mass is 16.5. The van der Waals surface area contributed by atoms with Gasteiger partial charge in [-0.1, -0.05) is 18.2 Å². The normalized spacial score (nSPS) is 18.9. The van der Waals surface area contributed by atoms with Crippen LogP contribution in [0.2, 0.25) is 0 Å². The SMILES string of the molecule is CN(C)c1ccc2c(-c3ccc(C(=O)NCCCNC(=O)OCC4[C@H]5CC/C=C\CC[C@@H]45)cc3C(=O)[O-])c3ccc(=[N+](C)C)cc-3oc2c1. The molecule has 10 heteroatoms. The summed E-state index contributed by atoms with van der Waals surface area (Å²) < 4.78 is 13.8. The van der Waals surface area contributed by atoms with Gasteiger partial charge in [-0.25, -0.2) is 9.37 Å². The average molecular weight is 665 g/mol. The van der Waals surface area contributed by atoms with Crippen molar-refractivity contribution < 1.29 is 28.6 Å². The number of hydrogen-bond acceptors (Lipinski definition) is 7. The first kappa shape index (κ1) is 33.8. The van der Waals surface area contributed by atoms with Gasteiger partial charge in [-0.2, -0.15) is 0 Å². The zero-order valence-electron chi connectivity index (χ0n) is 28.6. The lowest BCUT2D eigenvalue weighted by Gasteiger charge is -2.20. The summed E-state index contributed by atoms with van der Waals surface area (Å²) in [5.41, 5.74) is 3.47. The maximum absolute atomic E-state index is 13.1. The first-order chi connectivity index (χ1) is 23.6. The molecule has 10 nitrogen and oxygen atoms in total. The molecule has 3 aliphatic carbocycles. The topological polar surface area (TPSA) is 127 Å². The second-order valence-corrected chi connectivity index (χ2v) is 13.4. The number of nitrogens with zero attached hydrogens (tertiary/aromatic N) is 2. The van der Waals surface area contributed by atoms with E-state index in [-0.39, 0.29) is 11.1 Å². The van der Waals surface area contributed by atoms with Gasteiger partial charge in [0.1, 0.15) is 25.4 Å². The van der Waals surface area contributed by atoms with Crippen LogP contribution >= 0.6 is 0 Å². The maximum atomic E-state index is 13.1. The van der Waals surface area contributed by atoms with Crippen molar-refractivity contribution in [2.45, 2.75) is 32.1 Å². The van der Waals surface area contributed by atoms with E-state index in [1.807, 2.05) is 74.1 Å². The molecule has 6 rings (SSSR count). The highest BCUT2D eigenvalue weighted by Crippen LogP contribution is 2.52. The fraction of sp³-hybridized carbons (Fsp3) is 0.385. The standard InChI is InChI=1S/C39H44N4O6/c1-42(2)25-13-16-30-34(21-25)49-35-22-26(43(3)4)14-17-31(35)36(30)29-15-12-24(20-32(29)38(45)46)37(44)40-18-9-19-41-39(47)48-23-33-27-10-7-5-6-8-11-28(27)33/h5-6,12-17,20-22,27-28,33H,7-11,18-19,23H2,1-4H3,(H2-,40,41,44,45,46,47)/b6-5-/t27-,28+,33?. The molecule has 4 aliphatic rings. The van der Waals surface area contributed by atoms with Crippen LogP contribution in [0, 0.1) is 17.8 Å². The molecule has 49 heavy (non-hydrogen) atoms. The van der Waals surface area contributed by atoms with Crippen molar-refractivity contribution in [2.75, 3.05) is 52.8 Å². The third kappa shape index (κ3) is 7.48. The Bertz CT molecular complexity index is 1940. The molecule has 2 aromatic carbocycles. The Hall–Kier alpha value is -5.12. The first-order valence-corrected chi connectivity index (χ1v) is 17.0. The minimum absolute atomic E-state index is 0.0998. The molecule has 0 aromatic heterocycles. The van der Waals surface area contributed by atoms with Crippen LogP contribution < -0.4 is 30.6 Å². The predicted molar refractivity (Wildman–Crippen MR) is 188 cm³/mol. The number of allylic oxidation sites excluding steroid dienone is 2. The van der Waals surface area contributed by atoms with Crippen LogP contribution in [0.25, 0.3) is 33.4 Å². The number of carbonyl (C=O) groups excluding carboxylic acids is 3. The van der Waals surface area contributed by atoms with E-state index in [0.29, 0.717) is 66.3 Å². The third-order valence-electron chi connectivity index (χ3n) is 9.82. The Morgan fingerprint density at radius 2 is 1.63 bits per heavy atom. The Labute approximate surface area is 286 Å². The number of alkyl carbamates (subject to hydrolysis) is 1. The summed E-state index contributed by atoms with van der Waals surface area (Å²) in [6, 6.07) is 16.2. The zero-order chi connectivity index (χ0) is 34.7. The second-order valence-electron chi connectivity index (χ2n) is 13.4. The summed E-state index contributed by atoms with van der Waals surface area (Å²) in [5, 5.41) is 19.8. The van der Waals surface area contributed by atoms with Crippen molar-refractivity contribution in [2.24, 2.45) is 17.8 Å². The lowest BCUT2D eigenvalue weighted by molar-refractivity contribution is -0.254. The van der Waals surface area contributed by atoms with Crippen LogP contribution in [0.3, 0.4) is 0 Å². The molecule has 0 radical (unpaired) electrons. The number of fused-ring (bicyclic) bond motifs is 3. The van der Waals surface area contributed by atoms with Crippen molar-refractivity contribution in [1.29, 1.82) is 0 Å². The Morgan fingerprint density at radius 1 is 0.918 bits per heavy atom. The minimum Gasteiger partial charge on any atom is -0.545 e. The van der Waals surface area contributed by atoms with Gasteiger partial charge in [0.25, 0.3) is 5.91 Å². The monoisotopic (exact) mass is 664 g/mol. The Kier molecular flexibility index (Phi) is 10.0. The lowest BCUT2D eigenvalue weighted by atomic mass is 9.89. The third-order valence-corrected chi connectivity index (χ3v) is 9.82. The van der Waals surface area contributed by atoms with E-state index in [1.165, 1.54) is 6.07 Å². The fourth-order valence-corrected chi connectivity index (χ4v) is 7.03. The van der Waals surface area contributed by atoms with E-state index in [0.717, 1.165) is 47.7 Å². The van der Waals surface area contributed by atoms with Crippen LogP contribution in [-0.2, 0) is 4.74 Å². The first-order valence-electron chi connectivity index (χ1n) is 17.0. The summed E-state index contributed by atoms with van der Waals surface area (Å²) in [6.07, 6.45) is 9.07. The van der Waals surface area contributed by atoms with Crippen molar-refractivity contribution >= 4 is 34.6 Å². The van der Waals surface area contributed by atoms with Crippen molar-refractivity contribution in [3.63, 3.8) is 0 Å². The number of hydrogen-bond donors (Lipinski definition) is 2. The van der Waals surface area contributed by atoms with Gasteiger partial charge in [-0.3, -0.25) is 4.79 Å². The number of anilines is 1. The summed E-state index contributed by atoms with van der Waals surface area (Å²) in [4.78, 5) is 39.8. The van der Waals surface area contributed by atoms with E-state index in [1.54, 1.807) is 12.1 Å². The highest BCUT2D eigenvalue weighted by molar-refractivity contribution is 6.09. The summed E-state index contributed by atoms with van der Waals surface area (Å²) >= 11 is 0. The molecule has 256 valence electrons. The number of aromatic carboxylic acids is 1. The highest BCUT2D eigenvalue weighted by Gasteiger charge is 2.49. The van der Waals surface area contributed by atoms with Crippen LogP contribution in [-0.4, -0.2) is 65.9 Å². The summed E-state index contributed by atoms with van der Waals surface area (Å²) in [5.74, 6) is 0.573. The zero-order valence-corrected chi connectivity index (χ0v) is 28.6. The van der Waals surface area contributed by atoms with Crippen molar-refractivity contribution in [1.82, 2.24) is 15.2 Å². The molecule has 0 spiro atoms. The Morgan fingerprint density at radius 3 is 2.33 bits per heavy atom. The predicted octanol–water partition coefficient (Wildman–Crippen LogP) is 4.50. The molecular weight excluding hydrogens is 620 g/mol. The number of carboxylic acid groups (broad SMARTS) is 1. The fourth-order valence-electron chi connectivity index (χ4n) is 7.03. The number of carbonyl (C=O) groups is 3. The van der Waals surface area contributed by atoms with Crippen molar-refractivity contribution in [3.05, 3.63) is 83.2 Å². The van der Waals surface area contributed by atoms with Gasteiger partial charge in [-0.15, -0.1) is 0 Å². The molecule has 1 saturated carbocycles. The number of amides is 2. The molecule has 0 saturated heterocycles. The molecule has 2 amide bonds. The molecule has 3 atom stereocenters. The summed E-state index contributed by atoms with van der Waals surface area (Å²) in [7, 11) is 7.76. The second kappa shape index (κ2) is 14.6. The number of ether oxygens (including phenoxy) is 1. The number of benzene rings is 3.